The van der Waals surface area contributed by atoms with Crippen molar-refractivity contribution in [3.05, 3.63) is 5.69 Å². The molecule has 0 aromatic carbocycles. The van der Waals surface area contributed by atoms with Crippen molar-refractivity contribution < 1.29 is 9.90 Å². The first kappa shape index (κ1) is 13.9. The lowest BCUT2D eigenvalue weighted by molar-refractivity contribution is -0.133. The second-order valence-electron chi connectivity index (χ2n) is 4.14. The van der Waals surface area contributed by atoms with Crippen LogP contribution in [0.4, 0.5) is 0 Å². The van der Waals surface area contributed by atoms with E-state index in [1.54, 1.807) is 0 Å². The van der Waals surface area contributed by atoms with Crippen LogP contribution in [-0.2, 0) is 4.79 Å². The summed E-state index contributed by atoms with van der Waals surface area (Å²) in [6, 6.07) is 0.128. The maximum Gasteiger partial charge on any atom is 0.313 e. The van der Waals surface area contributed by atoms with E-state index in [1.165, 1.54) is 11.5 Å². The van der Waals surface area contributed by atoms with Crippen LogP contribution in [0.15, 0.2) is 5.16 Å². The second kappa shape index (κ2) is 5.66. The van der Waals surface area contributed by atoms with E-state index >= 15 is 0 Å². The molecule has 102 valence electrons. The van der Waals surface area contributed by atoms with Crippen molar-refractivity contribution in [1.82, 2.24) is 24.4 Å². The van der Waals surface area contributed by atoms with Gasteiger partial charge in [0.2, 0.25) is 0 Å². The molecular formula is C10H13N5O2S2. The van der Waals surface area contributed by atoms with Gasteiger partial charge in [0.05, 0.1) is 11.4 Å². The van der Waals surface area contributed by atoms with E-state index < -0.39 is 5.97 Å². The zero-order chi connectivity index (χ0) is 14.0. The van der Waals surface area contributed by atoms with Crippen molar-refractivity contribution in [3.8, 4) is 10.7 Å². The van der Waals surface area contributed by atoms with E-state index in [-0.39, 0.29) is 11.8 Å². The number of carboxylic acid groups (broad SMARTS) is 1. The summed E-state index contributed by atoms with van der Waals surface area (Å²) in [5, 5.41) is 21.5. The molecule has 0 aliphatic carbocycles. The van der Waals surface area contributed by atoms with Crippen molar-refractivity contribution >= 4 is 29.3 Å². The number of hydrogen-bond donors (Lipinski definition) is 1. The van der Waals surface area contributed by atoms with Gasteiger partial charge in [-0.3, -0.25) is 9.36 Å². The van der Waals surface area contributed by atoms with Gasteiger partial charge < -0.3 is 5.11 Å². The monoisotopic (exact) mass is 299 g/mol. The summed E-state index contributed by atoms with van der Waals surface area (Å²) in [6.45, 7) is 5.87. The van der Waals surface area contributed by atoms with Crippen molar-refractivity contribution in [2.75, 3.05) is 5.75 Å². The minimum Gasteiger partial charge on any atom is -0.481 e. The van der Waals surface area contributed by atoms with E-state index in [0.717, 1.165) is 22.3 Å². The van der Waals surface area contributed by atoms with Gasteiger partial charge in [-0.05, 0) is 32.3 Å². The minimum absolute atomic E-state index is 0.0369. The minimum atomic E-state index is -0.875. The van der Waals surface area contributed by atoms with Gasteiger partial charge >= 0.3 is 5.97 Å². The molecule has 1 N–H and O–H groups in total. The van der Waals surface area contributed by atoms with Crippen molar-refractivity contribution in [2.24, 2.45) is 0 Å². The van der Waals surface area contributed by atoms with Crippen LogP contribution in [0, 0.1) is 6.92 Å². The number of aliphatic carboxylic acids is 1. The van der Waals surface area contributed by atoms with Crippen LogP contribution in [0.5, 0.6) is 0 Å². The zero-order valence-corrected chi connectivity index (χ0v) is 12.3. The Hall–Kier alpha value is -1.48. The van der Waals surface area contributed by atoms with Gasteiger partial charge in [-0.15, -0.1) is 15.3 Å². The Morgan fingerprint density at radius 1 is 1.42 bits per heavy atom. The van der Waals surface area contributed by atoms with E-state index in [1.807, 2.05) is 25.3 Å². The van der Waals surface area contributed by atoms with Crippen molar-refractivity contribution in [2.45, 2.75) is 32.0 Å². The summed E-state index contributed by atoms with van der Waals surface area (Å²) < 4.78 is 5.80. The molecule has 7 nitrogen and oxygen atoms in total. The summed E-state index contributed by atoms with van der Waals surface area (Å²) in [4.78, 5) is 11.5. The number of carbonyl (C=O) groups is 1. The molecular weight excluding hydrogens is 286 g/mol. The highest BCUT2D eigenvalue weighted by Crippen LogP contribution is 2.30. The highest BCUT2D eigenvalue weighted by atomic mass is 32.2. The molecule has 0 aliphatic rings. The highest BCUT2D eigenvalue weighted by Gasteiger charge is 2.20. The molecule has 0 saturated heterocycles. The molecule has 0 bridgehead atoms. The highest BCUT2D eigenvalue weighted by molar-refractivity contribution is 7.99. The van der Waals surface area contributed by atoms with E-state index in [9.17, 15) is 4.79 Å². The van der Waals surface area contributed by atoms with Gasteiger partial charge in [0, 0.05) is 6.04 Å². The molecule has 19 heavy (non-hydrogen) atoms. The summed E-state index contributed by atoms with van der Waals surface area (Å²) in [5.74, 6) is -0.221. The van der Waals surface area contributed by atoms with Gasteiger partial charge in [0.15, 0.2) is 11.0 Å². The maximum atomic E-state index is 10.6. The summed E-state index contributed by atoms with van der Waals surface area (Å²) in [6.07, 6.45) is 0. The van der Waals surface area contributed by atoms with Crippen LogP contribution in [0.2, 0.25) is 0 Å². The predicted molar refractivity (Wildman–Crippen MR) is 72.4 cm³/mol. The molecule has 0 fully saturated rings. The molecule has 2 rings (SSSR count). The van der Waals surface area contributed by atoms with Crippen LogP contribution in [0.25, 0.3) is 10.7 Å². The lowest BCUT2D eigenvalue weighted by Crippen LogP contribution is -2.07. The van der Waals surface area contributed by atoms with Crippen LogP contribution >= 0.6 is 23.3 Å². The van der Waals surface area contributed by atoms with Gasteiger partial charge in [-0.2, -0.15) is 0 Å². The van der Waals surface area contributed by atoms with Gasteiger partial charge in [-0.1, -0.05) is 16.3 Å². The summed E-state index contributed by atoms with van der Waals surface area (Å²) in [7, 11) is 0. The Balaban J connectivity index is 2.40. The Bertz CT molecular complexity index is 593. The number of hydrogen-bond acceptors (Lipinski definition) is 7. The van der Waals surface area contributed by atoms with Crippen LogP contribution in [-0.4, -0.2) is 41.2 Å². The van der Waals surface area contributed by atoms with Gasteiger partial charge in [0.25, 0.3) is 0 Å². The van der Waals surface area contributed by atoms with Crippen molar-refractivity contribution in [1.29, 1.82) is 0 Å². The molecule has 0 amide bonds. The molecule has 2 heterocycles. The summed E-state index contributed by atoms with van der Waals surface area (Å²) >= 11 is 2.42. The average Bonchev–Trinajstić information content (AvgIpc) is 2.91. The largest absolute Gasteiger partial charge is 0.481 e. The molecule has 9 heteroatoms. The van der Waals surface area contributed by atoms with Crippen LogP contribution in [0.1, 0.15) is 25.6 Å². The van der Waals surface area contributed by atoms with Crippen LogP contribution in [0.3, 0.4) is 0 Å². The standard InChI is InChI=1S/C10H13N5O2S2/c1-5(2)15-9(8-6(3)11-14-19-8)12-13-10(15)18-4-7(16)17/h5H,4H2,1-3H3,(H,16,17). The smallest absolute Gasteiger partial charge is 0.313 e. The fourth-order valence-corrected chi connectivity index (χ4v) is 2.98. The van der Waals surface area contributed by atoms with E-state index in [2.05, 4.69) is 19.8 Å². The molecule has 0 aliphatic heterocycles. The van der Waals surface area contributed by atoms with E-state index in [4.69, 9.17) is 5.11 Å². The normalized spacial score (nSPS) is 11.2. The lowest BCUT2D eigenvalue weighted by atomic mass is 10.3. The number of aromatic nitrogens is 5. The fourth-order valence-electron chi connectivity index (χ4n) is 1.56. The third-order valence-electron chi connectivity index (χ3n) is 2.36. The fraction of sp³-hybridized carbons (Fsp3) is 0.500. The van der Waals surface area contributed by atoms with Gasteiger partial charge in [-0.25, -0.2) is 0 Å². The first-order chi connectivity index (χ1) is 9.00. The third-order valence-corrected chi connectivity index (χ3v) is 4.11. The average molecular weight is 299 g/mol. The second-order valence-corrected chi connectivity index (χ2v) is 5.84. The molecule has 0 atom stereocenters. The Kier molecular flexibility index (Phi) is 4.15. The zero-order valence-electron chi connectivity index (χ0n) is 10.7. The predicted octanol–water partition coefficient (Wildman–Crippen LogP) is 1.86. The molecule has 0 saturated carbocycles. The number of carboxylic acids is 1. The lowest BCUT2D eigenvalue weighted by Gasteiger charge is -2.12. The molecule has 0 unspecified atom stereocenters. The SMILES string of the molecule is Cc1nnsc1-c1nnc(SCC(=O)O)n1C(C)C. The Morgan fingerprint density at radius 2 is 2.16 bits per heavy atom. The number of aryl methyl sites for hydroxylation is 1. The Labute approximate surface area is 118 Å². The molecule has 2 aromatic heterocycles. The topological polar surface area (TPSA) is 93.8 Å². The van der Waals surface area contributed by atoms with Crippen LogP contribution < -0.4 is 0 Å². The number of nitrogens with zero attached hydrogens (tertiary/aromatic N) is 5. The van der Waals surface area contributed by atoms with Crippen molar-refractivity contribution in [3.63, 3.8) is 0 Å². The van der Waals surface area contributed by atoms with Gasteiger partial charge in [0.1, 0.15) is 4.88 Å². The first-order valence-corrected chi connectivity index (χ1v) is 7.35. The number of rotatable bonds is 5. The molecule has 2 aromatic rings. The number of thioether (sulfide) groups is 1. The molecule has 0 radical (unpaired) electrons. The van der Waals surface area contributed by atoms with E-state index in [0.29, 0.717) is 11.0 Å². The quantitative estimate of drug-likeness (QED) is 0.842. The first-order valence-electron chi connectivity index (χ1n) is 5.59. The maximum absolute atomic E-state index is 10.6. The Morgan fingerprint density at radius 3 is 2.68 bits per heavy atom. The third kappa shape index (κ3) is 2.92. The molecule has 0 spiro atoms. The summed E-state index contributed by atoms with van der Waals surface area (Å²) in [5.41, 5.74) is 0.800.